The Morgan fingerprint density at radius 2 is 2.04 bits per heavy atom. The van der Waals surface area contributed by atoms with Gasteiger partial charge in [-0.15, -0.1) is 0 Å². The number of hydrogen-bond acceptors (Lipinski definition) is 5. The van der Waals surface area contributed by atoms with Crippen molar-refractivity contribution < 1.29 is 4.79 Å². The minimum atomic E-state index is -0.346. The first kappa shape index (κ1) is 17.7. The summed E-state index contributed by atoms with van der Waals surface area (Å²) in [7, 11) is 3.63. The van der Waals surface area contributed by atoms with Gasteiger partial charge in [-0.25, -0.2) is 4.98 Å². The van der Waals surface area contributed by atoms with Crippen LogP contribution in [0.2, 0.25) is 5.02 Å². The molecule has 9 heteroatoms. The zero-order valence-corrected chi connectivity index (χ0v) is 15.7. The van der Waals surface area contributed by atoms with Crippen molar-refractivity contribution >= 4 is 28.5 Å². The van der Waals surface area contributed by atoms with Gasteiger partial charge in [-0.2, -0.15) is 5.10 Å². The molecule has 3 heterocycles. The fourth-order valence-electron chi connectivity index (χ4n) is 3.62. The number of nitrogens with one attached hydrogen (secondary N) is 2. The van der Waals surface area contributed by atoms with Crippen LogP contribution in [-0.4, -0.2) is 50.2 Å². The molecule has 1 saturated heterocycles. The van der Waals surface area contributed by atoms with Crippen LogP contribution >= 0.6 is 11.6 Å². The third kappa shape index (κ3) is 3.11. The number of benzene rings is 1. The smallest absolute Gasteiger partial charge is 0.279 e. The number of likely N-dealkylation sites (N-methyl/N-ethyl adjacent to an activating group) is 1. The molecule has 140 valence electrons. The molecule has 3 aromatic rings. The van der Waals surface area contributed by atoms with Gasteiger partial charge in [-0.3, -0.25) is 19.6 Å². The summed E-state index contributed by atoms with van der Waals surface area (Å²) in [5.74, 6) is -0.346. The van der Waals surface area contributed by atoms with Crippen LogP contribution < -0.4 is 10.9 Å². The first-order chi connectivity index (χ1) is 13.0. The molecule has 2 atom stereocenters. The van der Waals surface area contributed by atoms with Crippen LogP contribution in [0, 0.1) is 0 Å². The molecule has 2 aromatic heterocycles. The minimum absolute atomic E-state index is 0.0391. The normalized spacial score (nSPS) is 20.3. The van der Waals surface area contributed by atoms with Gasteiger partial charge in [0.05, 0.1) is 18.4 Å². The number of halogens is 1. The molecule has 0 spiro atoms. The highest BCUT2D eigenvalue weighted by molar-refractivity contribution is 6.30. The highest BCUT2D eigenvalue weighted by Crippen LogP contribution is 2.31. The molecule has 1 amide bonds. The van der Waals surface area contributed by atoms with Crippen molar-refractivity contribution in [3.63, 3.8) is 0 Å². The van der Waals surface area contributed by atoms with Crippen LogP contribution in [0.4, 0.5) is 0 Å². The predicted octanol–water partition coefficient (Wildman–Crippen LogP) is 1.49. The summed E-state index contributed by atoms with van der Waals surface area (Å²) >= 11 is 5.99. The average molecular weight is 387 g/mol. The van der Waals surface area contributed by atoms with Gasteiger partial charge in [0.2, 0.25) is 0 Å². The standard InChI is InChI=1S/C18H19ClN6O2/c1-24-8-7-12(16(24)10-3-5-11(19)6-4-10)21-17(26)14-13-15(23-22-14)18(27)25(2)9-20-13/h3-6,9,12,16H,7-8H2,1-2H3,(H,21,26)(H,22,23)/t12-,16+/m1/s1. The van der Waals surface area contributed by atoms with Crippen LogP contribution in [0.15, 0.2) is 35.4 Å². The lowest BCUT2D eigenvalue weighted by Gasteiger charge is -2.26. The van der Waals surface area contributed by atoms with E-state index in [1.54, 1.807) is 7.05 Å². The number of nitrogens with zero attached hydrogens (tertiary/aromatic N) is 4. The van der Waals surface area contributed by atoms with E-state index in [4.69, 9.17) is 11.6 Å². The van der Waals surface area contributed by atoms with Crippen LogP contribution in [0.3, 0.4) is 0 Å². The maximum Gasteiger partial charge on any atom is 0.279 e. The second-order valence-corrected chi connectivity index (χ2v) is 7.24. The quantitative estimate of drug-likeness (QED) is 0.711. The SMILES string of the molecule is CN1CC[C@@H](NC(=O)c2n[nH]c3c(=O)n(C)cnc23)[C@@H]1c1ccc(Cl)cc1. The zero-order valence-electron chi connectivity index (χ0n) is 14.9. The number of rotatable bonds is 3. The van der Waals surface area contributed by atoms with Crippen LogP contribution in [0.1, 0.15) is 28.5 Å². The Bertz CT molecular complexity index is 1060. The number of fused-ring (bicyclic) bond motifs is 1. The number of hydrogen-bond donors (Lipinski definition) is 2. The van der Waals surface area contributed by atoms with E-state index in [0.29, 0.717) is 5.02 Å². The maximum absolute atomic E-state index is 12.8. The van der Waals surface area contributed by atoms with E-state index in [1.807, 2.05) is 31.3 Å². The molecule has 1 fully saturated rings. The summed E-state index contributed by atoms with van der Waals surface area (Å²) in [6, 6.07) is 7.61. The van der Waals surface area contributed by atoms with E-state index >= 15 is 0 Å². The predicted molar refractivity (Wildman–Crippen MR) is 102 cm³/mol. The lowest BCUT2D eigenvalue weighted by atomic mass is 10.00. The topological polar surface area (TPSA) is 95.9 Å². The van der Waals surface area contributed by atoms with Crippen molar-refractivity contribution in [2.45, 2.75) is 18.5 Å². The number of amides is 1. The number of H-pyrrole nitrogens is 1. The average Bonchev–Trinajstić information content (AvgIpc) is 3.23. The van der Waals surface area contributed by atoms with Gasteiger partial charge in [0.15, 0.2) is 11.2 Å². The van der Waals surface area contributed by atoms with Gasteiger partial charge in [0.1, 0.15) is 5.52 Å². The molecule has 1 aliphatic rings. The van der Waals surface area contributed by atoms with E-state index < -0.39 is 0 Å². The molecular weight excluding hydrogens is 368 g/mol. The Balaban J connectivity index is 1.61. The van der Waals surface area contributed by atoms with Gasteiger partial charge >= 0.3 is 0 Å². The molecule has 2 N–H and O–H groups in total. The van der Waals surface area contributed by atoms with Crippen molar-refractivity contribution in [3.05, 3.63) is 57.2 Å². The zero-order chi connectivity index (χ0) is 19.1. The number of carbonyl (C=O) groups excluding carboxylic acids is 1. The number of likely N-dealkylation sites (tertiary alicyclic amines) is 1. The minimum Gasteiger partial charge on any atom is -0.346 e. The lowest BCUT2D eigenvalue weighted by molar-refractivity contribution is 0.0924. The first-order valence-corrected chi connectivity index (χ1v) is 9.00. The largest absolute Gasteiger partial charge is 0.346 e. The van der Waals surface area contributed by atoms with E-state index in [-0.39, 0.29) is 40.3 Å². The van der Waals surface area contributed by atoms with E-state index in [2.05, 4.69) is 25.4 Å². The number of carbonyl (C=O) groups is 1. The molecule has 1 aliphatic heterocycles. The van der Waals surface area contributed by atoms with Gasteiger partial charge < -0.3 is 9.88 Å². The monoisotopic (exact) mass is 386 g/mol. The van der Waals surface area contributed by atoms with Crippen molar-refractivity contribution in [2.24, 2.45) is 7.05 Å². The summed E-state index contributed by atoms with van der Waals surface area (Å²) in [6.45, 7) is 0.859. The molecule has 0 bridgehead atoms. The Kier molecular flexibility index (Phi) is 4.45. The summed E-state index contributed by atoms with van der Waals surface area (Å²) in [5.41, 5.74) is 1.45. The number of aromatic nitrogens is 4. The third-order valence-corrected chi connectivity index (χ3v) is 5.28. The third-order valence-electron chi connectivity index (χ3n) is 5.03. The summed E-state index contributed by atoms with van der Waals surface area (Å²) in [5, 5.41) is 10.4. The summed E-state index contributed by atoms with van der Waals surface area (Å²) < 4.78 is 1.34. The second kappa shape index (κ2) is 6.79. The molecular formula is C18H19ClN6O2. The Morgan fingerprint density at radius 3 is 2.78 bits per heavy atom. The van der Waals surface area contributed by atoms with E-state index in [9.17, 15) is 9.59 Å². The van der Waals surface area contributed by atoms with Crippen LogP contribution in [-0.2, 0) is 7.05 Å². The van der Waals surface area contributed by atoms with Gasteiger partial charge in [-0.05, 0) is 31.2 Å². The van der Waals surface area contributed by atoms with Crippen LogP contribution in [0.5, 0.6) is 0 Å². The fourth-order valence-corrected chi connectivity index (χ4v) is 3.75. The molecule has 4 rings (SSSR count). The molecule has 1 aromatic carbocycles. The van der Waals surface area contributed by atoms with Gasteiger partial charge in [-0.1, -0.05) is 23.7 Å². The number of aromatic amines is 1. The second-order valence-electron chi connectivity index (χ2n) is 6.80. The molecule has 0 saturated carbocycles. The van der Waals surface area contributed by atoms with Crippen molar-refractivity contribution in [2.75, 3.05) is 13.6 Å². The maximum atomic E-state index is 12.8. The lowest BCUT2D eigenvalue weighted by Crippen LogP contribution is -2.39. The van der Waals surface area contributed by atoms with E-state index in [1.165, 1.54) is 10.9 Å². The Labute approximate surface area is 160 Å². The molecule has 0 unspecified atom stereocenters. The van der Waals surface area contributed by atoms with Gasteiger partial charge in [0.25, 0.3) is 11.5 Å². The van der Waals surface area contributed by atoms with Gasteiger partial charge in [0, 0.05) is 18.6 Å². The Morgan fingerprint density at radius 1 is 1.30 bits per heavy atom. The molecule has 27 heavy (non-hydrogen) atoms. The molecule has 0 radical (unpaired) electrons. The fraction of sp³-hybridized carbons (Fsp3) is 0.333. The van der Waals surface area contributed by atoms with Crippen molar-refractivity contribution in [1.29, 1.82) is 0 Å². The van der Waals surface area contributed by atoms with Crippen LogP contribution in [0.25, 0.3) is 11.0 Å². The summed E-state index contributed by atoms with van der Waals surface area (Å²) in [6.07, 6.45) is 2.20. The summed E-state index contributed by atoms with van der Waals surface area (Å²) in [4.78, 5) is 31.3. The number of aryl methyl sites for hydroxylation is 1. The first-order valence-electron chi connectivity index (χ1n) is 8.62. The highest BCUT2D eigenvalue weighted by Gasteiger charge is 2.35. The van der Waals surface area contributed by atoms with E-state index in [0.717, 1.165) is 18.5 Å². The molecule has 0 aliphatic carbocycles. The highest BCUT2D eigenvalue weighted by atomic mass is 35.5. The Hall–Kier alpha value is -2.71. The molecule has 8 nitrogen and oxygen atoms in total. The van der Waals surface area contributed by atoms with Crippen molar-refractivity contribution in [3.8, 4) is 0 Å². The van der Waals surface area contributed by atoms with Crippen molar-refractivity contribution in [1.82, 2.24) is 30.0 Å².